The Morgan fingerprint density at radius 1 is 1.31 bits per heavy atom. The van der Waals surface area contributed by atoms with Crippen molar-refractivity contribution < 1.29 is 27.4 Å². The molecule has 26 heavy (non-hydrogen) atoms. The highest BCUT2D eigenvalue weighted by Crippen LogP contribution is 2.26. The van der Waals surface area contributed by atoms with E-state index in [2.05, 4.69) is 5.32 Å². The van der Waals surface area contributed by atoms with Crippen molar-refractivity contribution in [3.05, 3.63) is 11.9 Å². The summed E-state index contributed by atoms with van der Waals surface area (Å²) in [5.41, 5.74) is 5.72. The highest BCUT2D eigenvalue weighted by Gasteiger charge is 2.37. The van der Waals surface area contributed by atoms with E-state index in [4.69, 9.17) is 15.6 Å². The van der Waals surface area contributed by atoms with Crippen molar-refractivity contribution in [1.82, 2.24) is 9.62 Å². The third-order valence-corrected chi connectivity index (χ3v) is 7.36. The normalized spacial score (nSPS) is 26.8. The zero-order chi connectivity index (χ0) is 19.2. The Labute approximate surface area is 153 Å². The number of aliphatic carboxylic acids is 1. The molecule has 0 saturated carbocycles. The van der Waals surface area contributed by atoms with Gasteiger partial charge in [-0.05, 0) is 37.2 Å². The van der Waals surface area contributed by atoms with E-state index in [1.165, 1.54) is 4.31 Å². The number of carbonyl (C=O) groups is 1. The van der Waals surface area contributed by atoms with Gasteiger partial charge in [0.25, 0.3) is 0 Å². The summed E-state index contributed by atoms with van der Waals surface area (Å²) in [7, 11) is -3.42. The zero-order valence-corrected chi connectivity index (χ0v) is 15.6. The molecule has 2 rings (SSSR count). The van der Waals surface area contributed by atoms with Gasteiger partial charge in [-0.1, -0.05) is 0 Å². The van der Waals surface area contributed by atoms with Gasteiger partial charge in [-0.25, -0.2) is 17.1 Å². The van der Waals surface area contributed by atoms with Crippen molar-refractivity contribution in [2.75, 3.05) is 32.8 Å². The SMILES string of the molecule is NC/C(=C\F)COC1CCC(S(=O)(=O)N2CCC(CC(=O)O)CC2)CN1. The predicted molar refractivity (Wildman–Crippen MR) is 94.5 cm³/mol. The van der Waals surface area contributed by atoms with Gasteiger partial charge in [0.15, 0.2) is 0 Å². The molecule has 8 nitrogen and oxygen atoms in total. The van der Waals surface area contributed by atoms with Crippen LogP contribution in [0.15, 0.2) is 11.9 Å². The summed E-state index contributed by atoms with van der Waals surface area (Å²) < 4.78 is 45.1. The van der Waals surface area contributed by atoms with E-state index in [1.807, 2.05) is 0 Å². The number of rotatable bonds is 8. The first-order chi connectivity index (χ1) is 12.4. The molecule has 0 aromatic heterocycles. The Hall–Kier alpha value is -1.07. The summed E-state index contributed by atoms with van der Waals surface area (Å²) in [5.74, 6) is -0.796. The smallest absolute Gasteiger partial charge is 0.303 e. The van der Waals surface area contributed by atoms with Crippen LogP contribution in [0, 0.1) is 5.92 Å². The van der Waals surface area contributed by atoms with E-state index in [1.54, 1.807) is 0 Å². The monoisotopic (exact) mass is 393 g/mol. The number of ether oxygens (including phenoxy) is 1. The first kappa shape index (κ1) is 21.2. The van der Waals surface area contributed by atoms with Gasteiger partial charge in [-0.2, -0.15) is 0 Å². The average Bonchev–Trinajstić information content (AvgIpc) is 2.63. The third kappa shape index (κ3) is 5.71. The van der Waals surface area contributed by atoms with E-state index >= 15 is 0 Å². The van der Waals surface area contributed by atoms with Crippen LogP contribution in [0.4, 0.5) is 4.39 Å². The molecule has 2 unspecified atom stereocenters. The molecule has 2 aliphatic rings. The summed E-state index contributed by atoms with van der Waals surface area (Å²) in [6.07, 6.45) is 2.35. The molecule has 4 N–H and O–H groups in total. The Morgan fingerprint density at radius 3 is 2.50 bits per heavy atom. The minimum atomic E-state index is -3.42. The first-order valence-electron chi connectivity index (χ1n) is 8.90. The van der Waals surface area contributed by atoms with Crippen LogP contribution < -0.4 is 11.1 Å². The number of nitrogens with one attached hydrogen (secondary N) is 1. The van der Waals surface area contributed by atoms with Crippen molar-refractivity contribution in [2.45, 2.75) is 43.6 Å². The van der Waals surface area contributed by atoms with E-state index < -0.39 is 21.2 Å². The fourth-order valence-electron chi connectivity index (χ4n) is 3.37. The van der Waals surface area contributed by atoms with Crippen molar-refractivity contribution in [3.63, 3.8) is 0 Å². The predicted octanol–water partition coefficient (Wildman–Crippen LogP) is 0.410. The molecule has 0 radical (unpaired) electrons. The van der Waals surface area contributed by atoms with Crippen LogP contribution in [0.1, 0.15) is 32.1 Å². The number of hydrogen-bond acceptors (Lipinski definition) is 6. The molecule has 2 heterocycles. The molecule has 2 atom stereocenters. The van der Waals surface area contributed by atoms with Crippen molar-refractivity contribution >= 4 is 16.0 Å². The lowest BCUT2D eigenvalue weighted by molar-refractivity contribution is -0.138. The molecule has 0 aromatic rings. The number of piperidine rings is 2. The lowest BCUT2D eigenvalue weighted by Crippen LogP contribution is -2.51. The maximum Gasteiger partial charge on any atom is 0.303 e. The Bertz CT molecular complexity index is 597. The standard InChI is InChI=1S/C16H28FN3O5S/c17-8-13(9-18)11-25-15-2-1-14(10-19-15)26(23,24)20-5-3-12(4-6-20)7-16(21)22/h8,12,14-15,19H,1-7,9-11,18H2,(H,21,22)/b13-8+. The molecule has 2 aliphatic heterocycles. The number of hydrogen-bond donors (Lipinski definition) is 3. The lowest BCUT2D eigenvalue weighted by atomic mass is 9.95. The lowest BCUT2D eigenvalue weighted by Gasteiger charge is -2.36. The van der Waals surface area contributed by atoms with Gasteiger partial charge in [-0.3, -0.25) is 10.1 Å². The van der Waals surface area contributed by atoms with Crippen LogP contribution in [0.3, 0.4) is 0 Å². The molecule has 150 valence electrons. The summed E-state index contributed by atoms with van der Waals surface area (Å²) in [5, 5.41) is 11.4. The van der Waals surface area contributed by atoms with Gasteiger partial charge >= 0.3 is 5.97 Å². The molecule has 0 aromatic carbocycles. The quantitative estimate of drug-likeness (QED) is 0.546. The van der Waals surface area contributed by atoms with Gasteiger partial charge in [0.2, 0.25) is 10.0 Å². The van der Waals surface area contributed by atoms with E-state index in [9.17, 15) is 17.6 Å². The number of sulfonamides is 1. The minimum Gasteiger partial charge on any atom is -0.481 e. The minimum absolute atomic E-state index is 0.0431. The molecular weight excluding hydrogens is 365 g/mol. The van der Waals surface area contributed by atoms with E-state index in [-0.39, 0.29) is 38.3 Å². The topological polar surface area (TPSA) is 122 Å². The average molecular weight is 393 g/mol. The van der Waals surface area contributed by atoms with Crippen molar-refractivity contribution in [3.8, 4) is 0 Å². The van der Waals surface area contributed by atoms with Crippen molar-refractivity contribution in [2.24, 2.45) is 11.7 Å². The number of carboxylic acid groups (broad SMARTS) is 1. The molecule has 2 saturated heterocycles. The first-order valence-corrected chi connectivity index (χ1v) is 10.4. The van der Waals surface area contributed by atoms with E-state index in [0.717, 1.165) is 0 Å². The van der Waals surface area contributed by atoms with Crippen LogP contribution in [-0.2, 0) is 19.6 Å². The maximum absolute atomic E-state index is 12.8. The Kier molecular flexibility index (Phi) is 7.96. The van der Waals surface area contributed by atoms with Gasteiger partial charge < -0.3 is 15.6 Å². The van der Waals surface area contributed by atoms with Crippen LogP contribution >= 0.6 is 0 Å². The molecule has 2 fully saturated rings. The van der Waals surface area contributed by atoms with Crippen LogP contribution in [0.5, 0.6) is 0 Å². The second kappa shape index (κ2) is 9.75. The highest BCUT2D eigenvalue weighted by atomic mass is 32.2. The summed E-state index contributed by atoms with van der Waals surface area (Å²) >= 11 is 0. The highest BCUT2D eigenvalue weighted by molar-refractivity contribution is 7.89. The molecule has 0 bridgehead atoms. The fraction of sp³-hybridized carbons (Fsp3) is 0.812. The second-order valence-electron chi connectivity index (χ2n) is 6.86. The van der Waals surface area contributed by atoms with Crippen LogP contribution in [0.2, 0.25) is 0 Å². The summed E-state index contributed by atoms with van der Waals surface area (Å²) in [6.45, 7) is 1.19. The van der Waals surface area contributed by atoms with Gasteiger partial charge in [0, 0.05) is 32.6 Å². The maximum atomic E-state index is 12.8. The van der Waals surface area contributed by atoms with E-state index in [0.29, 0.717) is 50.7 Å². The largest absolute Gasteiger partial charge is 0.481 e. The molecule has 0 amide bonds. The molecule has 10 heteroatoms. The second-order valence-corrected chi connectivity index (χ2v) is 9.08. The molecule has 0 spiro atoms. The van der Waals surface area contributed by atoms with Gasteiger partial charge in [0.1, 0.15) is 6.23 Å². The number of carboxylic acids is 1. The van der Waals surface area contributed by atoms with Crippen molar-refractivity contribution in [1.29, 1.82) is 0 Å². The summed E-state index contributed by atoms with van der Waals surface area (Å²) in [4.78, 5) is 10.8. The number of nitrogens with two attached hydrogens (primary N) is 1. The summed E-state index contributed by atoms with van der Waals surface area (Å²) in [6, 6.07) is 0. The van der Waals surface area contributed by atoms with Crippen LogP contribution in [-0.4, -0.2) is 68.1 Å². The number of halogens is 1. The number of nitrogens with zero attached hydrogens (tertiary/aromatic N) is 1. The Balaban J connectivity index is 1.80. The van der Waals surface area contributed by atoms with Crippen LogP contribution in [0.25, 0.3) is 0 Å². The third-order valence-electron chi connectivity index (χ3n) is 5.03. The molecule has 0 aliphatic carbocycles. The zero-order valence-electron chi connectivity index (χ0n) is 14.8. The Morgan fingerprint density at radius 2 is 2.00 bits per heavy atom. The molecular formula is C16H28FN3O5S. The fourth-order valence-corrected chi connectivity index (χ4v) is 5.25. The van der Waals surface area contributed by atoms with Gasteiger partial charge in [-0.15, -0.1) is 0 Å². The van der Waals surface area contributed by atoms with Gasteiger partial charge in [0.05, 0.1) is 18.2 Å².